The average molecular weight is 306 g/mol. The van der Waals surface area contributed by atoms with Crippen molar-refractivity contribution in [2.75, 3.05) is 19.8 Å². The highest BCUT2D eigenvalue weighted by Gasteiger charge is 2.54. The molecular formula is C16H19FN2O3. The molecule has 2 heterocycles. The highest BCUT2D eigenvalue weighted by atomic mass is 19.1. The lowest BCUT2D eigenvalue weighted by Crippen LogP contribution is -2.64. The smallest absolute Gasteiger partial charge is 0.274 e. The van der Waals surface area contributed by atoms with Crippen LogP contribution in [0.1, 0.15) is 34.3 Å². The lowest BCUT2D eigenvalue weighted by atomic mass is 9.62. The third kappa shape index (κ3) is 1.98. The summed E-state index contributed by atoms with van der Waals surface area (Å²) < 4.78 is 19.7. The number of fused-ring (bicyclic) bond motifs is 1. The zero-order valence-corrected chi connectivity index (χ0v) is 12.3. The number of hydrogen-bond acceptors (Lipinski definition) is 4. The number of halogens is 1. The van der Waals surface area contributed by atoms with E-state index in [9.17, 15) is 9.18 Å². The van der Waals surface area contributed by atoms with Crippen LogP contribution in [0.3, 0.4) is 0 Å². The maximum absolute atomic E-state index is 14.4. The summed E-state index contributed by atoms with van der Waals surface area (Å²) in [6.07, 6.45) is 3.09. The summed E-state index contributed by atoms with van der Waals surface area (Å²) in [5, 5.41) is 8.69. The van der Waals surface area contributed by atoms with Gasteiger partial charge >= 0.3 is 0 Å². The van der Waals surface area contributed by atoms with Gasteiger partial charge in [-0.25, -0.2) is 9.87 Å². The van der Waals surface area contributed by atoms with E-state index < -0.39 is 5.91 Å². The normalized spacial score (nSPS) is 26.0. The minimum Gasteiger partial charge on any atom is -0.380 e. The number of ether oxygens (including phenoxy) is 1. The standard InChI is InChI=1S/C16H19FN2O3/c17-13-6-11(15(20)18-21)5-10-2-4-19(7-12(10)13)14-1-3-16(14)8-22-9-16/h5-6,14,21H,1-4,7-9H2,(H,18,20). The molecule has 1 unspecified atom stereocenters. The Morgan fingerprint density at radius 1 is 1.45 bits per heavy atom. The molecule has 1 spiro atoms. The molecule has 0 bridgehead atoms. The molecule has 22 heavy (non-hydrogen) atoms. The molecule has 6 heteroatoms. The zero-order valence-electron chi connectivity index (χ0n) is 12.3. The van der Waals surface area contributed by atoms with E-state index in [4.69, 9.17) is 9.94 Å². The van der Waals surface area contributed by atoms with Crippen LogP contribution in [0.25, 0.3) is 0 Å². The fraction of sp³-hybridized carbons (Fsp3) is 0.562. The minimum atomic E-state index is -0.673. The average Bonchev–Trinajstić information content (AvgIpc) is 2.44. The van der Waals surface area contributed by atoms with Crippen molar-refractivity contribution in [1.29, 1.82) is 0 Å². The first-order valence-electron chi connectivity index (χ1n) is 7.70. The van der Waals surface area contributed by atoms with Gasteiger partial charge in [-0.05, 0) is 37.0 Å². The van der Waals surface area contributed by atoms with Crippen molar-refractivity contribution in [1.82, 2.24) is 10.4 Å². The second kappa shape index (κ2) is 5.01. The van der Waals surface area contributed by atoms with Crippen molar-refractivity contribution in [3.63, 3.8) is 0 Å². The van der Waals surface area contributed by atoms with Crippen LogP contribution in [0.5, 0.6) is 0 Å². The van der Waals surface area contributed by atoms with E-state index in [1.165, 1.54) is 12.5 Å². The van der Waals surface area contributed by atoms with Crippen LogP contribution >= 0.6 is 0 Å². The van der Waals surface area contributed by atoms with Crippen molar-refractivity contribution in [2.45, 2.75) is 31.8 Å². The van der Waals surface area contributed by atoms with Crippen LogP contribution in [0.15, 0.2) is 12.1 Å². The van der Waals surface area contributed by atoms with Crippen LogP contribution in [-0.2, 0) is 17.7 Å². The van der Waals surface area contributed by atoms with Crippen molar-refractivity contribution < 1.29 is 19.1 Å². The quantitative estimate of drug-likeness (QED) is 0.642. The highest BCUT2D eigenvalue weighted by Crippen LogP contribution is 2.50. The molecule has 1 saturated carbocycles. The van der Waals surface area contributed by atoms with Crippen LogP contribution in [-0.4, -0.2) is 41.8 Å². The number of carbonyl (C=O) groups is 1. The molecule has 2 fully saturated rings. The van der Waals surface area contributed by atoms with Crippen LogP contribution in [0.4, 0.5) is 4.39 Å². The second-order valence-corrected chi connectivity index (χ2v) is 6.67. The summed E-state index contributed by atoms with van der Waals surface area (Å²) in [7, 11) is 0. The van der Waals surface area contributed by atoms with Gasteiger partial charge in [0.1, 0.15) is 5.82 Å². The predicted octanol–water partition coefficient (Wildman–Crippen LogP) is 1.48. The number of nitrogens with one attached hydrogen (secondary N) is 1. The summed E-state index contributed by atoms with van der Waals surface area (Å²) in [6, 6.07) is 3.38. The number of benzene rings is 1. The lowest BCUT2D eigenvalue weighted by molar-refractivity contribution is -0.205. The second-order valence-electron chi connectivity index (χ2n) is 6.67. The Hall–Kier alpha value is -1.50. The maximum atomic E-state index is 14.4. The summed E-state index contributed by atoms with van der Waals surface area (Å²) in [4.78, 5) is 13.8. The van der Waals surface area contributed by atoms with E-state index in [2.05, 4.69) is 4.90 Å². The first-order chi connectivity index (χ1) is 10.6. The summed E-state index contributed by atoms with van der Waals surface area (Å²) in [6.45, 7) is 3.13. The summed E-state index contributed by atoms with van der Waals surface area (Å²) >= 11 is 0. The van der Waals surface area contributed by atoms with Crippen molar-refractivity contribution in [2.24, 2.45) is 5.41 Å². The topological polar surface area (TPSA) is 61.8 Å². The molecule has 0 aromatic heterocycles. The van der Waals surface area contributed by atoms with Crippen LogP contribution in [0, 0.1) is 11.2 Å². The number of carbonyl (C=O) groups excluding carboxylic acids is 1. The fourth-order valence-corrected chi connectivity index (χ4v) is 4.05. The maximum Gasteiger partial charge on any atom is 0.274 e. The van der Waals surface area contributed by atoms with E-state index in [0.717, 1.165) is 38.2 Å². The van der Waals surface area contributed by atoms with Gasteiger partial charge in [0, 0.05) is 35.7 Å². The third-order valence-electron chi connectivity index (χ3n) is 5.52. The Bertz CT molecular complexity index is 625. The largest absolute Gasteiger partial charge is 0.380 e. The molecule has 1 aromatic rings. The van der Waals surface area contributed by atoms with Gasteiger partial charge in [-0.3, -0.25) is 14.9 Å². The molecule has 1 amide bonds. The molecule has 1 aromatic carbocycles. The van der Waals surface area contributed by atoms with Crippen LogP contribution in [0.2, 0.25) is 0 Å². The Kier molecular flexibility index (Phi) is 3.21. The molecule has 4 rings (SSSR count). The number of rotatable bonds is 2. The number of hydroxylamine groups is 1. The fourth-order valence-electron chi connectivity index (χ4n) is 4.05. The van der Waals surface area contributed by atoms with Gasteiger partial charge in [0.15, 0.2) is 0 Å². The molecule has 1 atom stereocenters. The van der Waals surface area contributed by atoms with Crippen LogP contribution < -0.4 is 5.48 Å². The molecule has 5 nitrogen and oxygen atoms in total. The number of nitrogens with zero attached hydrogens (tertiary/aromatic N) is 1. The molecule has 1 aliphatic carbocycles. The van der Waals surface area contributed by atoms with Crippen molar-refractivity contribution in [3.8, 4) is 0 Å². The zero-order chi connectivity index (χ0) is 15.3. The number of amides is 1. The van der Waals surface area contributed by atoms with E-state index in [0.29, 0.717) is 23.6 Å². The molecule has 3 aliphatic rings. The van der Waals surface area contributed by atoms with E-state index in [1.54, 1.807) is 11.5 Å². The van der Waals surface area contributed by atoms with Gasteiger partial charge in [0.05, 0.1) is 13.2 Å². The van der Waals surface area contributed by atoms with Gasteiger partial charge < -0.3 is 4.74 Å². The van der Waals surface area contributed by atoms with E-state index >= 15 is 0 Å². The molecule has 2 N–H and O–H groups in total. The van der Waals surface area contributed by atoms with Crippen molar-refractivity contribution >= 4 is 5.91 Å². The Balaban J connectivity index is 1.57. The first kappa shape index (κ1) is 14.1. The molecule has 118 valence electrons. The molecule has 2 aliphatic heterocycles. The highest BCUT2D eigenvalue weighted by molar-refractivity contribution is 5.93. The molecule has 0 radical (unpaired) electrons. The Morgan fingerprint density at radius 3 is 2.86 bits per heavy atom. The van der Waals surface area contributed by atoms with Gasteiger partial charge in [-0.15, -0.1) is 0 Å². The minimum absolute atomic E-state index is 0.166. The first-order valence-corrected chi connectivity index (χ1v) is 7.70. The molecule has 1 saturated heterocycles. The van der Waals surface area contributed by atoms with Crippen molar-refractivity contribution in [3.05, 3.63) is 34.6 Å². The Morgan fingerprint density at radius 2 is 2.27 bits per heavy atom. The summed E-state index contributed by atoms with van der Waals surface area (Å²) in [5.41, 5.74) is 3.59. The third-order valence-corrected chi connectivity index (χ3v) is 5.52. The molecular weight excluding hydrogens is 287 g/mol. The monoisotopic (exact) mass is 306 g/mol. The SMILES string of the molecule is O=C(NO)c1cc(F)c2c(c1)CCN(C1CCC13COC3)C2. The van der Waals surface area contributed by atoms with E-state index in [1.807, 2.05) is 0 Å². The van der Waals surface area contributed by atoms with E-state index in [-0.39, 0.29) is 11.4 Å². The van der Waals surface area contributed by atoms with Gasteiger partial charge in [-0.1, -0.05) is 0 Å². The predicted molar refractivity (Wildman–Crippen MR) is 76.0 cm³/mol. The van der Waals surface area contributed by atoms with Gasteiger partial charge in [-0.2, -0.15) is 0 Å². The van der Waals surface area contributed by atoms with Gasteiger partial charge in [0.2, 0.25) is 0 Å². The summed E-state index contributed by atoms with van der Waals surface area (Å²) in [5.74, 6) is -1.03. The van der Waals surface area contributed by atoms with Gasteiger partial charge in [0.25, 0.3) is 5.91 Å². The lowest BCUT2D eigenvalue weighted by Gasteiger charge is -2.59. The Labute approximate surface area is 128 Å². The number of hydrogen-bond donors (Lipinski definition) is 2.